The molecule has 1 aromatic carbocycles. The van der Waals surface area contributed by atoms with E-state index < -0.39 is 65.1 Å². The van der Waals surface area contributed by atoms with Gasteiger partial charge in [-0.2, -0.15) is 13.2 Å². The molecule has 1 aliphatic rings. The summed E-state index contributed by atoms with van der Waals surface area (Å²) in [7, 11) is 0.963. The summed E-state index contributed by atoms with van der Waals surface area (Å²) >= 11 is 0. The fraction of sp³-hybridized carbons (Fsp3) is 0.409. The molecule has 1 fully saturated rings. The highest BCUT2D eigenvalue weighted by Crippen LogP contribution is 2.55. The van der Waals surface area contributed by atoms with Crippen molar-refractivity contribution in [2.24, 2.45) is 11.7 Å². The normalized spacial score (nSPS) is 24.5. The molecule has 1 aromatic heterocycles. The molecule has 190 valence electrons. The van der Waals surface area contributed by atoms with Gasteiger partial charge in [0.25, 0.3) is 18.2 Å². The maximum atomic E-state index is 14.1. The highest BCUT2D eigenvalue weighted by molar-refractivity contribution is 5.97. The average molecular weight is 505 g/mol. The molecule has 3 N–H and O–H groups in total. The number of hydrogen-bond donors (Lipinski definition) is 2. The number of hydrogen-bond acceptors (Lipinski definition) is 5. The van der Waals surface area contributed by atoms with Crippen molar-refractivity contribution in [2.45, 2.75) is 44.1 Å². The molecule has 1 saturated heterocycles. The number of aromatic nitrogens is 1. The number of carbonyl (C=O) groups excluding carboxylic acids is 2. The zero-order valence-corrected chi connectivity index (χ0v) is 18.6. The third kappa shape index (κ3) is 4.64. The average Bonchev–Trinajstić information content (AvgIpc) is 3.05. The molecule has 0 unspecified atom stereocenters. The fourth-order valence-corrected chi connectivity index (χ4v) is 4.17. The molecule has 2 heterocycles. The van der Waals surface area contributed by atoms with Gasteiger partial charge in [-0.3, -0.25) is 14.6 Å². The number of anilines is 1. The Kier molecular flexibility index (Phi) is 7.02. The Morgan fingerprint density at radius 2 is 1.91 bits per heavy atom. The largest absolute Gasteiger partial charge is 0.496 e. The monoisotopic (exact) mass is 505 g/mol. The third-order valence-corrected chi connectivity index (χ3v) is 6.16. The molecule has 0 aliphatic carbocycles. The Morgan fingerprint density at radius 3 is 2.46 bits per heavy atom. The third-order valence-electron chi connectivity index (χ3n) is 6.16. The smallest absolute Gasteiger partial charge is 0.417 e. The summed E-state index contributed by atoms with van der Waals surface area (Å²) in [5, 5.41) is 2.33. The number of methoxy groups -OCH3 is 1. The van der Waals surface area contributed by atoms with Gasteiger partial charge in [0.1, 0.15) is 23.4 Å². The van der Waals surface area contributed by atoms with Crippen molar-refractivity contribution in [2.75, 3.05) is 12.4 Å². The van der Waals surface area contributed by atoms with Crippen LogP contribution in [0.3, 0.4) is 0 Å². The zero-order valence-electron chi connectivity index (χ0n) is 18.6. The van der Waals surface area contributed by atoms with E-state index in [1.54, 1.807) is 0 Å². The molecule has 2 aromatic rings. The van der Waals surface area contributed by atoms with Crippen LogP contribution in [0.5, 0.6) is 5.75 Å². The van der Waals surface area contributed by atoms with Crippen molar-refractivity contribution in [1.29, 1.82) is 0 Å². The number of primary amides is 1. The summed E-state index contributed by atoms with van der Waals surface area (Å²) in [5.74, 6) is -6.92. The number of ether oxygens (including phenoxy) is 2. The lowest BCUT2D eigenvalue weighted by atomic mass is 9.76. The fourth-order valence-electron chi connectivity index (χ4n) is 4.17. The number of alkyl halides is 5. The van der Waals surface area contributed by atoms with Crippen LogP contribution in [0.4, 0.5) is 32.0 Å². The van der Waals surface area contributed by atoms with Gasteiger partial charge in [-0.25, -0.2) is 13.2 Å². The second-order valence-corrected chi connectivity index (χ2v) is 8.13. The van der Waals surface area contributed by atoms with E-state index in [1.165, 1.54) is 6.07 Å². The van der Waals surface area contributed by atoms with Crippen LogP contribution in [0.2, 0.25) is 0 Å². The maximum Gasteiger partial charge on any atom is 0.417 e. The molecule has 13 heteroatoms. The topological polar surface area (TPSA) is 104 Å². The first-order valence-corrected chi connectivity index (χ1v) is 10.2. The van der Waals surface area contributed by atoms with E-state index in [1.807, 2.05) is 0 Å². The van der Waals surface area contributed by atoms with Crippen LogP contribution in [0, 0.1) is 11.7 Å². The minimum atomic E-state index is -4.95. The summed E-state index contributed by atoms with van der Waals surface area (Å²) < 4.78 is 93.6. The highest BCUT2D eigenvalue weighted by Gasteiger charge is 2.66. The van der Waals surface area contributed by atoms with Crippen LogP contribution in [-0.2, 0) is 9.53 Å². The first-order chi connectivity index (χ1) is 16.2. The standard InChI is InChI=1S/C22H21F6N3O4/c1-9-14(11-4-5-12(23)15(18(24)25)16(11)34-3)17(35-21(9,2)22(26,27)28)20(33)31-10-6-7-30-13(8-10)19(29)32/h4-9,14,17-18H,1-3H3,(H2,29,32)(H,30,31,33)/t9-,14-,17+,21-/m0/s1. The van der Waals surface area contributed by atoms with Gasteiger partial charge in [0, 0.05) is 29.3 Å². The molecule has 0 radical (unpaired) electrons. The molecule has 2 amide bonds. The lowest BCUT2D eigenvalue weighted by molar-refractivity contribution is -0.272. The van der Waals surface area contributed by atoms with Crippen LogP contribution >= 0.6 is 0 Å². The number of halogens is 6. The predicted molar refractivity (Wildman–Crippen MR) is 111 cm³/mol. The molecule has 35 heavy (non-hydrogen) atoms. The first kappa shape index (κ1) is 26.3. The van der Waals surface area contributed by atoms with Crippen LogP contribution in [0.1, 0.15) is 47.8 Å². The van der Waals surface area contributed by atoms with Crippen LogP contribution in [0.25, 0.3) is 0 Å². The van der Waals surface area contributed by atoms with E-state index in [2.05, 4.69) is 10.3 Å². The molecular formula is C22H21F6N3O4. The van der Waals surface area contributed by atoms with E-state index in [-0.39, 0.29) is 16.9 Å². The lowest BCUT2D eigenvalue weighted by Gasteiger charge is -2.32. The highest BCUT2D eigenvalue weighted by atomic mass is 19.4. The number of nitrogens with two attached hydrogens (primary N) is 1. The van der Waals surface area contributed by atoms with Crippen molar-refractivity contribution in [3.05, 3.63) is 53.1 Å². The van der Waals surface area contributed by atoms with E-state index >= 15 is 0 Å². The lowest BCUT2D eigenvalue weighted by Crippen LogP contribution is -2.47. The second kappa shape index (κ2) is 9.36. The zero-order chi connectivity index (χ0) is 26.3. The number of amides is 2. The van der Waals surface area contributed by atoms with Gasteiger partial charge < -0.3 is 20.5 Å². The summed E-state index contributed by atoms with van der Waals surface area (Å²) in [6, 6.07) is 4.02. The Bertz CT molecular complexity index is 1140. The first-order valence-electron chi connectivity index (χ1n) is 10.2. The Morgan fingerprint density at radius 1 is 1.26 bits per heavy atom. The Hall–Kier alpha value is -3.35. The summed E-state index contributed by atoms with van der Waals surface area (Å²) in [4.78, 5) is 28.2. The van der Waals surface area contributed by atoms with Gasteiger partial charge in [-0.15, -0.1) is 0 Å². The molecule has 0 spiro atoms. The van der Waals surface area contributed by atoms with Crippen molar-refractivity contribution in [1.82, 2.24) is 4.98 Å². The van der Waals surface area contributed by atoms with Crippen LogP contribution < -0.4 is 15.8 Å². The van der Waals surface area contributed by atoms with E-state index in [9.17, 15) is 35.9 Å². The molecule has 4 atom stereocenters. The quantitative estimate of drug-likeness (QED) is 0.569. The number of benzene rings is 1. The van der Waals surface area contributed by atoms with Gasteiger partial charge >= 0.3 is 6.18 Å². The molecule has 0 saturated carbocycles. The summed E-state index contributed by atoms with van der Waals surface area (Å²) in [6.45, 7) is 1.88. The summed E-state index contributed by atoms with van der Waals surface area (Å²) in [6.07, 6.45) is -9.00. The second-order valence-electron chi connectivity index (χ2n) is 8.13. The number of nitrogens with one attached hydrogen (secondary N) is 1. The van der Waals surface area contributed by atoms with Gasteiger partial charge in [0.05, 0.1) is 12.7 Å². The van der Waals surface area contributed by atoms with Gasteiger partial charge in [-0.1, -0.05) is 13.0 Å². The minimum absolute atomic E-state index is 0.0197. The molecule has 7 nitrogen and oxygen atoms in total. The Balaban J connectivity index is 2.12. The number of rotatable bonds is 6. The number of pyridine rings is 1. The molecule has 0 bridgehead atoms. The summed E-state index contributed by atoms with van der Waals surface area (Å²) in [5.41, 5.74) is 0.654. The molecule has 3 rings (SSSR count). The molecule has 1 aliphatic heterocycles. The van der Waals surface area contributed by atoms with Gasteiger partial charge in [-0.05, 0) is 25.1 Å². The van der Waals surface area contributed by atoms with Crippen LogP contribution in [0.15, 0.2) is 30.5 Å². The van der Waals surface area contributed by atoms with Crippen molar-refractivity contribution < 1.29 is 45.4 Å². The molecular weight excluding hydrogens is 484 g/mol. The van der Waals surface area contributed by atoms with E-state index in [0.717, 1.165) is 39.3 Å². The van der Waals surface area contributed by atoms with Crippen molar-refractivity contribution >= 4 is 17.5 Å². The number of nitrogens with zero attached hydrogens (tertiary/aromatic N) is 1. The predicted octanol–water partition coefficient (Wildman–Crippen LogP) is 4.34. The SMILES string of the molecule is COc1c([C@H]2[C@H](C(=O)Nc3ccnc(C(N)=O)c3)O[C@](C)(C(F)(F)F)[C@H]2C)ccc(F)c1C(F)F. The van der Waals surface area contributed by atoms with Gasteiger partial charge in [0.2, 0.25) is 0 Å². The van der Waals surface area contributed by atoms with Crippen molar-refractivity contribution in [3.63, 3.8) is 0 Å². The van der Waals surface area contributed by atoms with E-state index in [0.29, 0.717) is 6.07 Å². The van der Waals surface area contributed by atoms with Gasteiger partial charge in [0.15, 0.2) is 5.60 Å². The maximum absolute atomic E-state index is 14.1. The van der Waals surface area contributed by atoms with Crippen LogP contribution in [-0.4, -0.2) is 41.8 Å². The number of carbonyl (C=O) groups is 2. The Labute approximate surface area is 195 Å². The van der Waals surface area contributed by atoms with Crippen molar-refractivity contribution in [3.8, 4) is 5.75 Å². The minimum Gasteiger partial charge on any atom is -0.496 e. The van der Waals surface area contributed by atoms with E-state index in [4.69, 9.17) is 15.2 Å².